The molecule has 10 heteroatoms. The molecule has 0 bridgehead atoms. The maximum absolute atomic E-state index is 13.1. The van der Waals surface area contributed by atoms with E-state index >= 15 is 0 Å². The van der Waals surface area contributed by atoms with Crippen molar-refractivity contribution in [1.82, 2.24) is 15.2 Å². The molecule has 2 amide bonds. The number of nitrogens with zero attached hydrogens (tertiary/aromatic N) is 1. The Kier molecular flexibility index (Phi) is 7.87. The largest absolute Gasteiger partial charge is 0.461 e. The fraction of sp³-hybridized carbons (Fsp3) is 0.444. The number of fused-ring (bicyclic) bond motifs is 1. The number of aromatic nitrogens is 1. The Morgan fingerprint density at radius 2 is 2.03 bits per heavy atom. The summed E-state index contributed by atoms with van der Waals surface area (Å²) in [4.78, 5) is 42.1. The van der Waals surface area contributed by atoms with Crippen LogP contribution in [0.1, 0.15) is 45.6 Å². The highest BCUT2D eigenvalue weighted by molar-refractivity contribution is 5.92. The summed E-state index contributed by atoms with van der Waals surface area (Å²) in [7, 11) is 0. The SMILES string of the molecule is CC(C)(C)OC(=O)NC(Cc1c[nH]c2ccccc12)C(=O)OCC1CCC(N2C=CCC(C(N)=O)=C2)O1. The van der Waals surface area contributed by atoms with Crippen molar-refractivity contribution in [3.63, 3.8) is 0 Å². The van der Waals surface area contributed by atoms with E-state index in [2.05, 4.69) is 10.3 Å². The molecule has 3 unspecified atom stereocenters. The van der Waals surface area contributed by atoms with Gasteiger partial charge in [0.25, 0.3) is 0 Å². The quantitative estimate of drug-likeness (QED) is 0.464. The number of primary amides is 1. The molecular formula is C27H34N4O6. The zero-order valence-corrected chi connectivity index (χ0v) is 21.4. The van der Waals surface area contributed by atoms with E-state index in [-0.39, 0.29) is 25.4 Å². The van der Waals surface area contributed by atoms with Gasteiger partial charge in [-0.05, 0) is 51.7 Å². The van der Waals surface area contributed by atoms with Gasteiger partial charge in [0.05, 0.1) is 6.10 Å². The van der Waals surface area contributed by atoms with Crippen molar-refractivity contribution < 1.29 is 28.6 Å². The first kappa shape index (κ1) is 26.3. The minimum absolute atomic E-state index is 0.0413. The van der Waals surface area contributed by atoms with Crippen molar-refractivity contribution in [2.45, 2.75) is 70.4 Å². The zero-order chi connectivity index (χ0) is 26.6. The van der Waals surface area contributed by atoms with Crippen molar-refractivity contribution in [2.24, 2.45) is 5.73 Å². The van der Waals surface area contributed by atoms with E-state index in [0.717, 1.165) is 16.5 Å². The average Bonchev–Trinajstić information content (AvgIpc) is 3.48. The number of carbonyl (C=O) groups is 3. The molecule has 1 aromatic heterocycles. The van der Waals surface area contributed by atoms with E-state index in [9.17, 15) is 14.4 Å². The Morgan fingerprint density at radius 3 is 2.78 bits per heavy atom. The number of ether oxygens (including phenoxy) is 3. The third kappa shape index (κ3) is 6.91. The minimum Gasteiger partial charge on any atom is -0.461 e. The first-order valence-electron chi connectivity index (χ1n) is 12.4. The van der Waals surface area contributed by atoms with Gasteiger partial charge >= 0.3 is 12.1 Å². The lowest BCUT2D eigenvalue weighted by Crippen LogP contribution is -2.46. The number of H-pyrrole nitrogens is 1. The van der Waals surface area contributed by atoms with E-state index in [0.29, 0.717) is 24.8 Å². The summed E-state index contributed by atoms with van der Waals surface area (Å²) in [5, 5.41) is 3.63. The van der Waals surface area contributed by atoms with Crippen molar-refractivity contribution >= 4 is 28.9 Å². The van der Waals surface area contributed by atoms with E-state index in [1.807, 2.05) is 47.6 Å². The lowest BCUT2D eigenvalue weighted by Gasteiger charge is -2.27. The van der Waals surface area contributed by atoms with E-state index in [1.54, 1.807) is 27.0 Å². The predicted octanol–water partition coefficient (Wildman–Crippen LogP) is 3.24. The number of nitrogens with one attached hydrogen (secondary N) is 2. The molecule has 0 spiro atoms. The monoisotopic (exact) mass is 510 g/mol. The molecule has 10 nitrogen and oxygen atoms in total. The number of amides is 2. The molecule has 198 valence electrons. The molecule has 0 aliphatic carbocycles. The van der Waals surface area contributed by atoms with E-state index in [1.165, 1.54) is 0 Å². The smallest absolute Gasteiger partial charge is 0.408 e. The van der Waals surface area contributed by atoms with Crippen LogP contribution in [0.25, 0.3) is 10.9 Å². The van der Waals surface area contributed by atoms with Crippen molar-refractivity contribution in [2.75, 3.05) is 6.61 Å². The summed E-state index contributed by atoms with van der Waals surface area (Å²) in [5.41, 5.74) is 7.02. The summed E-state index contributed by atoms with van der Waals surface area (Å²) in [5.74, 6) is -1.03. The highest BCUT2D eigenvalue weighted by atomic mass is 16.6. The van der Waals surface area contributed by atoms with Gasteiger partial charge in [-0.3, -0.25) is 4.79 Å². The maximum Gasteiger partial charge on any atom is 0.408 e. The molecule has 1 fully saturated rings. The average molecular weight is 511 g/mol. The number of rotatable bonds is 8. The topological polar surface area (TPSA) is 136 Å². The number of hydrogen-bond donors (Lipinski definition) is 3. The van der Waals surface area contributed by atoms with Gasteiger partial charge in [-0.2, -0.15) is 0 Å². The molecule has 1 aromatic carbocycles. The number of benzene rings is 1. The van der Waals surface area contributed by atoms with Gasteiger partial charge < -0.3 is 35.1 Å². The molecule has 2 aliphatic rings. The number of carbonyl (C=O) groups excluding carboxylic acids is 3. The standard InChI is InChI=1S/C27H34N4O6/c1-27(2,3)37-26(34)30-22(13-18-14-29-21-9-5-4-8-20(18)21)25(33)35-16-19-10-11-23(36-19)31-12-6-7-17(15-31)24(28)32/h4-6,8-9,12,14-15,19,22-23,29H,7,10-11,13,16H2,1-3H3,(H2,28,32)(H,30,34). The van der Waals surface area contributed by atoms with Crippen LogP contribution in [0.15, 0.2) is 54.5 Å². The molecule has 2 aromatic rings. The lowest BCUT2D eigenvalue weighted by atomic mass is 10.1. The lowest BCUT2D eigenvalue weighted by molar-refractivity contribution is -0.151. The Morgan fingerprint density at radius 1 is 1.24 bits per heavy atom. The van der Waals surface area contributed by atoms with Crippen LogP contribution in [0.5, 0.6) is 0 Å². The van der Waals surface area contributed by atoms with Crippen LogP contribution in [0.4, 0.5) is 4.79 Å². The molecular weight excluding hydrogens is 476 g/mol. The van der Waals surface area contributed by atoms with Gasteiger partial charge in [-0.15, -0.1) is 0 Å². The van der Waals surface area contributed by atoms with Gasteiger partial charge in [0.2, 0.25) is 5.91 Å². The molecule has 4 N–H and O–H groups in total. The maximum atomic E-state index is 13.1. The van der Waals surface area contributed by atoms with Crippen LogP contribution >= 0.6 is 0 Å². The molecule has 0 saturated carbocycles. The summed E-state index contributed by atoms with van der Waals surface area (Å²) in [6.07, 6.45) is 8.04. The number of nitrogens with two attached hydrogens (primary N) is 1. The number of alkyl carbamates (subject to hydrolysis) is 1. The highest BCUT2D eigenvalue weighted by Gasteiger charge is 2.32. The molecule has 3 heterocycles. The van der Waals surface area contributed by atoms with Gasteiger partial charge in [-0.1, -0.05) is 24.3 Å². The first-order valence-corrected chi connectivity index (χ1v) is 12.4. The van der Waals surface area contributed by atoms with Crippen LogP contribution in [-0.2, 0) is 30.2 Å². The fourth-order valence-electron chi connectivity index (χ4n) is 4.39. The minimum atomic E-state index is -0.947. The van der Waals surface area contributed by atoms with Crippen LogP contribution in [-0.4, -0.2) is 58.4 Å². The van der Waals surface area contributed by atoms with Gasteiger partial charge in [0, 0.05) is 41.5 Å². The van der Waals surface area contributed by atoms with Crippen molar-refractivity contribution in [3.05, 3.63) is 60.1 Å². The van der Waals surface area contributed by atoms with Crippen LogP contribution < -0.4 is 11.1 Å². The van der Waals surface area contributed by atoms with Crippen molar-refractivity contribution in [3.8, 4) is 0 Å². The molecule has 2 aliphatic heterocycles. The van der Waals surface area contributed by atoms with Gasteiger partial charge in [0.1, 0.15) is 24.5 Å². The first-order chi connectivity index (χ1) is 17.6. The third-order valence-corrected chi connectivity index (χ3v) is 6.14. The number of para-hydroxylation sites is 1. The Bertz CT molecular complexity index is 1210. The molecule has 0 radical (unpaired) electrons. The third-order valence-electron chi connectivity index (χ3n) is 6.14. The number of hydrogen-bond acceptors (Lipinski definition) is 7. The highest BCUT2D eigenvalue weighted by Crippen LogP contribution is 2.26. The zero-order valence-electron chi connectivity index (χ0n) is 21.4. The second-order valence-electron chi connectivity index (χ2n) is 10.2. The Labute approximate surface area is 215 Å². The Hall–Kier alpha value is -3.79. The van der Waals surface area contributed by atoms with Crippen LogP contribution in [0.2, 0.25) is 0 Å². The summed E-state index contributed by atoms with van der Waals surface area (Å²) < 4.78 is 17.0. The summed E-state index contributed by atoms with van der Waals surface area (Å²) >= 11 is 0. The molecule has 3 atom stereocenters. The van der Waals surface area contributed by atoms with Crippen LogP contribution in [0, 0.1) is 0 Å². The van der Waals surface area contributed by atoms with E-state index < -0.39 is 29.6 Å². The number of esters is 1. The number of aromatic amines is 1. The Balaban J connectivity index is 1.38. The van der Waals surface area contributed by atoms with Gasteiger partial charge in [0.15, 0.2) is 0 Å². The number of allylic oxidation sites excluding steroid dienone is 1. The molecule has 37 heavy (non-hydrogen) atoms. The van der Waals surface area contributed by atoms with Crippen molar-refractivity contribution in [1.29, 1.82) is 0 Å². The molecule has 1 saturated heterocycles. The van der Waals surface area contributed by atoms with Crippen LogP contribution in [0.3, 0.4) is 0 Å². The summed E-state index contributed by atoms with van der Waals surface area (Å²) in [6, 6.07) is 6.79. The normalized spacial score (nSPS) is 20.4. The molecule has 4 rings (SSSR count). The van der Waals surface area contributed by atoms with E-state index in [4.69, 9.17) is 19.9 Å². The second kappa shape index (κ2) is 11.1. The van der Waals surface area contributed by atoms with Gasteiger partial charge in [-0.25, -0.2) is 9.59 Å². The fourth-order valence-corrected chi connectivity index (χ4v) is 4.39. The summed E-state index contributed by atoms with van der Waals surface area (Å²) in [6.45, 7) is 5.31. The predicted molar refractivity (Wildman–Crippen MR) is 137 cm³/mol. The second-order valence-corrected chi connectivity index (χ2v) is 10.2.